The Balaban J connectivity index is 1.82. The zero-order valence-electron chi connectivity index (χ0n) is 19.2. The molecule has 3 aromatic heterocycles. The van der Waals surface area contributed by atoms with Crippen LogP contribution < -0.4 is 9.47 Å². The molecular formula is C19H18N4O4. The van der Waals surface area contributed by atoms with Gasteiger partial charge in [-0.15, -0.1) is 0 Å². The maximum Gasteiger partial charge on any atom is 0.341 e. The zero-order valence-corrected chi connectivity index (χ0v) is 14.2. The third kappa shape index (κ3) is 4.55. The minimum absolute atomic E-state index is 0.154. The summed E-state index contributed by atoms with van der Waals surface area (Å²) in [6.07, 6.45) is 6.88. The highest BCUT2D eigenvalue weighted by Gasteiger charge is 2.11. The summed E-state index contributed by atoms with van der Waals surface area (Å²) in [5.74, 6) is -0.424. The van der Waals surface area contributed by atoms with Crippen LogP contribution in [0.1, 0.15) is 31.0 Å². The van der Waals surface area contributed by atoms with Gasteiger partial charge in [0, 0.05) is 34.5 Å². The Hall–Kier alpha value is -3.55. The van der Waals surface area contributed by atoms with Gasteiger partial charge in [-0.25, -0.2) is 19.7 Å². The Morgan fingerprint density at radius 2 is 2.07 bits per heavy atom. The summed E-state index contributed by atoms with van der Waals surface area (Å²) < 4.78 is 52.7. The molecule has 0 spiro atoms. The topological polar surface area (TPSA) is 96.3 Å². The predicted molar refractivity (Wildman–Crippen MR) is 96.7 cm³/mol. The van der Waals surface area contributed by atoms with Crippen molar-refractivity contribution in [3.8, 4) is 28.8 Å². The Morgan fingerprint density at radius 3 is 2.85 bits per heavy atom. The Bertz CT molecular complexity index is 1090. The number of nitrogens with zero attached hydrogens (tertiary/aromatic N) is 4. The van der Waals surface area contributed by atoms with E-state index in [0.29, 0.717) is 5.56 Å². The van der Waals surface area contributed by atoms with Gasteiger partial charge < -0.3 is 14.2 Å². The van der Waals surface area contributed by atoms with Crippen LogP contribution in [0.4, 0.5) is 0 Å². The lowest BCUT2D eigenvalue weighted by molar-refractivity contribution is 0.0525. The van der Waals surface area contributed by atoms with Gasteiger partial charge >= 0.3 is 5.97 Å². The molecule has 0 unspecified atom stereocenters. The van der Waals surface area contributed by atoms with E-state index in [9.17, 15) is 4.79 Å². The van der Waals surface area contributed by atoms with Gasteiger partial charge in [-0.3, -0.25) is 4.98 Å². The largest absolute Gasteiger partial charge is 0.488 e. The van der Waals surface area contributed by atoms with E-state index in [1.165, 1.54) is 43.1 Å². The van der Waals surface area contributed by atoms with E-state index >= 15 is 0 Å². The zero-order chi connectivity index (χ0) is 23.4. The minimum atomic E-state index is -3.02. The molecule has 0 radical (unpaired) electrons. The Kier molecular flexibility index (Phi) is 4.11. The predicted octanol–water partition coefficient (Wildman–Crippen LogP) is 3.30. The molecule has 3 heterocycles. The van der Waals surface area contributed by atoms with E-state index in [-0.39, 0.29) is 35.4 Å². The maximum absolute atomic E-state index is 11.7. The second kappa shape index (κ2) is 8.70. The molecule has 0 fully saturated rings. The molecule has 0 aliphatic carbocycles. The SMILES string of the molecule is [2H]C([2H])([2H])C([2H])([2H])Oc1cccnc1Oc1cncc(-c2ncc(C(=O)OCC)cn2)c1. The lowest BCUT2D eigenvalue weighted by atomic mass is 10.2. The van der Waals surface area contributed by atoms with Crippen molar-refractivity contribution >= 4 is 5.97 Å². The van der Waals surface area contributed by atoms with E-state index in [1.807, 2.05) is 0 Å². The molecule has 3 aromatic rings. The average Bonchev–Trinajstić information content (AvgIpc) is 2.75. The summed E-state index contributed by atoms with van der Waals surface area (Å²) in [6, 6.07) is 4.33. The summed E-state index contributed by atoms with van der Waals surface area (Å²) in [5, 5.41) is 0. The van der Waals surface area contributed by atoms with Gasteiger partial charge in [0.25, 0.3) is 5.88 Å². The molecule has 0 aromatic carbocycles. The first kappa shape index (κ1) is 12.7. The molecule has 0 N–H and O–H groups in total. The highest BCUT2D eigenvalue weighted by Crippen LogP contribution is 2.30. The fourth-order valence-electron chi connectivity index (χ4n) is 2.09. The fraction of sp³-hybridized carbons (Fsp3) is 0.211. The molecule has 27 heavy (non-hydrogen) atoms. The molecule has 0 aliphatic heterocycles. The van der Waals surface area contributed by atoms with Crippen LogP contribution in [0.15, 0.2) is 49.2 Å². The van der Waals surface area contributed by atoms with Crippen molar-refractivity contribution in [3.05, 3.63) is 54.7 Å². The summed E-state index contributed by atoms with van der Waals surface area (Å²) in [4.78, 5) is 28.0. The second-order valence-corrected chi connectivity index (χ2v) is 5.04. The van der Waals surface area contributed by atoms with Crippen molar-refractivity contribution in [2.75, 3.05) is 13.2 Å². The summed E-state index contributed by atoms with van der Waals surface area (Å²) in [5.41, 5.74) is 0.670. The van der Waals surface area contributed by atoms with Gasteiger partial charge in [0.05, 0.1) is 27.7 Å². The third-order valence-electron chi connectivity index (χ3n) is 3.25. The van der Waals surface area contributed by atoms with Crippen molar-refractivity contribution in [2.45, 2.75) is 13.8 Å². The smallest absolute Gasteiger partial charge is 0.341 e. The molecular weight excluding hydrogens is 348 g/mol. The molecule has 0 amide bonds. The van der Waals surface area contributed by atoms with E-state index in [2.05, 4.69) is 19.9 Å². The summed E-state index contributed by atoms with van der Waals surface area (Å²) in [6.45, 7) is -4.05. The van der Waals surface area contributed by atoms with E-state index < -0.39 is 19.4 Å². The normalized spacial score (nSPS) is 14.0. The number of aromatic nitrogens is 4. The first-order valence-corrected chi connectivity index (χ1v) is 7.87. The van der Waals surface area contributed by atoms with Crippen LogP contribution in [0.25, 0.3) is 11.4 Å². The molecule has 8 heteroatoms. The van der Waals surface area contributed by atoms with Crippen molar-refractivity contribution in [3.63, 3.8) is 0 Å². The van der Waals surface area contributed by atoms with Crippen LogP contribution in [0.3, 0.4) is 0 Å². The van der Waals surface area contributed by atoms with Gasteiger partial charge in [0.15, 0.2) is 11.6 Å². The van der Waals surface area contributed by atoms with Crippen molar-refractivity contribution in [2.24, 2.45) is 0 Å². The number of esters is 1. The molecule has 3 rings (SSSR count). The van der Waals surface area contributed by atoms with Gasteiger partial charge in [-0.05, 0) is 32.0 Å². The quantitative estimate of drug-likeness (QED) is 0.584. The fourth-order valence-corrected chi connectivity index (χ4v) is 2.09. The lowest BCUT2D eigenvalue weighted by Crippen LogP contribution is -2.06. The van der Waals surface area contributed by atoms with Gasteiger partial charge in [0.2, 0.25) is 0 Å². The minimum Gasteiger partial charge on any atom is -0.488 e. The molecule has 8 nitrogen and oxygen atoms in total. The Labute approximate surface area is 163 Å². The number of rotatable bonds is 7. The van der Waals surface area contributed by atoms with Crippen LogP contribution in [-0.2, 0) is 4.74 Å². The van der Waals surface area contributed by atoms with Crippen LogP contribution in [0.5, 0.6) is 17.4 Å². The van der Waals surface area contributed by atoms with Crippen molar-refractivity contribution < 1.29 is 25.9 Å². The number of ether oxygens (including phenoxy) is 3. The molecule has 0 saturated heterocycles. The molecule has 0 aliphatic rings. The molecule has 138 valence electrons. The van der Waals surface area contributed by atoms with Crippen LogP contribution in [-0.4, -0.2) is 39.1 Å². The van der Waals surface area contributed by atoms with Gasteiger partial charge in [-0.1, -0.05) is 0 Å². The van der Waals surface area contributed by atoms with Crippen LogP contribution >= 0.6 is 0 Å². The summed E-state index contributed by atoms with van der Waals surface area (Å²) in [7, 11) is 0. The monoisotopic (exact) mass is 371 g/mol. The molecule has 0 bridgehead atoms. The molecule has 0 atom stereocenters. The standard InChI is InChI=1S/C19H18N4O4/c1-3-25-16-6-5-7-21-18(16)27-15-8-13(9-20-12-15)17-22-10-14(11-23-17)19(24)26-4-2/h5-12H,3-4H2,1-2H3/i1D3,3D2. The lowest BCUT2D eigenvalue weighted by Gasteiger charge is -2.10. The second-order valence-electron chi connectivity index (χ2n) is 5.04. The van der Waals surface area contributed by atoms with Crippen LogP contribution in [0.2, 0.25) is 0 Å². The first-order chi connectivity index (χ1) is 15.1. The van der Waals surface area contributed by atoms with Crippen LogP contribution in [0, 0.1) is 0 Å². The van der Waals surface area contributed by atoms with Gasteiger partial charge in [-0.2, -0.15) is 0 Å². The number of pyridine rings is 2. The third-order valence-corrected chi connectivity index (χ3v) is 3.25. The number of carbonyl (C=O) groups excluding carboxylic acids is 1. The first-order valence-electron chi connectivity index (χ1n) is 10.4. The Morgan fingerprint density at radius 1 is 1.22 bits per heavy atom. The highest BCUT2D eigenvalue weighted by atomic mass is 16.5. The highest BCUT2D eigenvalue weighted by molar-refractivity contribution is 5.88. The number of carbonyl (C=O) groups is 1. The average molecular weight is 371 g/mol. The summed E-state index contributed by atoms with van der Waals surface area (Å²) >= 11 is 0. The van der Waals surface area contributed by atoms with E-state index in [0.717, 1.165) is 0 Å². The maximum atomic E-state index is 11.7. The van der Waals surface area contributed by atoms with Gasteiger partial charge in [0.1, 0.15) is 5.75 Å². The number of hydrogen-bond acceptors (Lipinski definition) is 8. The number of hydrogen-bond donors (Lipinski definition) is 0. The van der Waals surface area contributed by atoms with Crippen molar-refractivity contribution in [1.82, 2.24) is 19.9 Å². The van der Waals surface area contributed by atoms with Crippen molar-refractivity contribution in [1.29, 1.82) is 0 Å². The molecule has 0 saturated carbocycles. The van der Waals surface area contributed by atoms with E-state index in [4.69, 9.17) is 21.1 Å². The van der Waals surface area contributed by atoms with E-state index in [1.54, 1.807) is 13.0 Å².